The van der Waals surface area contributed by atoms with Gasteiger partial charge in [-0.15, -0.1) is 4.72 Å². The Balaban J connectivity index is 1.79. The average Bonchev–Trinajstić information content (AvgIpc) is 3.21. The summed E-state index contributed by atoms with van der Waals surface area (Å²) in [5, 5.41) is 8.40. The monoisotopic (exact) mass is 526 g/mol. The van der Waals surface area contributed by atoms with Crippen LogP contribution in [0.15, 0.2) is 69.7 Å². The third-order valence-corrected chi connectivity index (χ3v) is 7.41. The molecule has 8 heteroatoms. The van der Waals surface area contributed by atoms with Crippen LogP contribution in [0.4, 0.5) is 5.82 Å². The second kappa shape index (κ2) is 9.85. The maximum atomic E-state index is 13.1. The van der Waals surface area contributed by atoms with Crippen LogP contribution in [-0.2, 0) is 17.8 Å². The highest BCUT2D eigenvalue weighted by Gasteiger charge is 2.31. The van der Waals surface area contributed by atoms with Crippen molar-refractivity contribution in [2.75, 3.05) is 12.4 Å². The number of benzene rings is 2. The summed E-state index contributed by atoms with van der Waals surface area (Å²) < 4.78 is 22.6. The van der Waals surface area contributed by atoms with Crippen LogP contribution in [-0.4, -0.2) is 26.5 Å². The first-order valence-corrected chi connectivity index (χ1v) is 12.7. The SMILES string of the molecule is CNc1cccc(CC(N[S+]([O-])C(C)(C)C)c2ccccc2-c2noc3cc(Br)ccc23)n1. The molecule has 0 amide bonds. The van der Waals surface area contributed by atoms with Crippen molar-refractivity contribution in [3.8, 4) is 11.3 Å². The molecule has 0 aliphatic carbocycles. The highest BCUT2D eigenvalue weighted by Crippen LogP contribution is 2.35. The van der Waals surface area contributed by atoms with Crippen molar-refractivity contribution in [3.05, 3.63) is 76.4 Å². The predicted molar refractivity (Wildman–Crippen MR) is 138 cm³/mol. The van der Waals surface area contributed by atoms with E-state index >= 15 is 0 Å². The molecular weight excluding hydrogens is 500 g/mol. The molecule has 2 aromatic heterocycles. The van der Waals surface area contributed by atoms with Crippen LogP contribution < -0.4 is 10.0 Å². The quantitative estimate of drug-likeness (QED) is 0.286. The molecule has 0 radical (unpaired) electrons. The maximum absolute atomic E-state index is 13.1. The van der Waals surface area contributed by atoms with Gasteiger partial charge in [-0.2, -0.15) is 0 Å². The van der Waals surface area contributed by atoms with Crippen molar-refractivity contribution >= 4 is 44.1 Å². The minimum Gasteiger partial charge on any atom is -0.598 e. The highest BCUT2D eigenvalue weighted by atomic mass is 79.9. The lowest BCUT2D eigenvalue weighted by Gasteiger charge is -2.29. The Morgan fingerprint density at radius 2 is 1.88 bits per heavy atom. The van der Waals surface area contributed by atoms with E-state index in [2.05, 4.69) is 36.1 Å². The fourth-order valence-corrected chi connectivity index (χ4v) is 4.75. The second-order valence-electron chi connectivity index (χ2n) is 8.78. The zero-order chi connectivity index (χ0) is 23.6. The maximum Gasteiger partial charge on any atom is 0.168 e. The number of fused-ring (bicyclic) bond motifs is 1. The van der Waals surface area contributed by atoms with Crippen LogP contribution in [0.3, 0.4) is 0 Å². The molecule has 0 saturated heterocycles. The van der Waals surface area contributed by atoms with E-state index in [-0.39, 0.29) is 6.04 Å². The normalized spacial score (nSPS) is 13.8. The Hall–Kier alpha value is -2.39. The van der Waals surface area contributed by atoms with Crippen LogP contribution >= 0.6 is 15.9 Å². The van der Waals surface area contributed by atoms with Gasteiger partial charge >= 0.3 is 0 Å². The summed E-state index contributed by atoms with van der Waals surface area (Å²) in [6.07, 6.45) is 0.565. The highest BCUT2D eigenvalue weighted by molar-refractivity contribution is 9.10. The van der Waals surface area contributed by atoms with Crippen LogP contribution in [0, 0.1) is 0 Å². The topological polar surface area (TPSA) is 86.0 Å². The minimum atomic E-state index is -1.28. The van der Waals surface area contributed by atoms with Gasteiger partial charge in [0.25, 0.3) is 0 Å². The van der Waals surface area contributed by atoms with Gasteiger partial charge in [0.15, 0.2) is 5.58 Å². The summed E-state index contributed by atoms with van der Waals surface area (Å²) in [7, 11) is 1.85. The van der Waals surface area contributed by atoms with Gasteiger partial charge in [0, 0.05) is 45.9 Å². The molecule has 2 aromatic carbocycles. The summed E-state index contributed by atoms with van der Waals surface area (Å²) >= 11 is 2.21. The molecule has 4 rings (SSSR count). The van der Waals surface area contributed by atoms with Crippen LogP contribution in [0.5, 0.6) is 0 Å². The summed E-state index contributed by atoms with van der Waals surface area (Å²) in [5.74, 6) is 0.796. The van der Waals surface area contributed by atoms with E-state index in [4.69, 9.17) is 4.52 Å². The molecule has 0 aliphatic heterocycles. The van der Waals surface area contributed by atoms with Crippen molar-refractivity contribution in [2.45, 2.75) is 38.0 Å². The number of hydrogen-bond acceptors (Lipinski definition) is 6. The molecule has 33 heavy (non-hydrogen) atoms. The predicted octanol–water partition coefficient (Wildman–Crippen LogP) is 6.03. The minimum absolute atomic E-state index is 0.247. The van der Waals surface area contributed by atoms with Crippen molar-refractivity contribution in [2.24, 2.45) is 0 Å². The molecule has 2 atom stereocenters. The zero-order valence-electron chi connectivity index (χ0n) is 19.1. The molecular formula is C25H27BrN4O2S. The van der Waals surface area contributed by atoms with Gasteiger partial charge in [-0.1, -0.05) is 51.4 Å². The molecule has 2 heterocycles. The molecule has 0 bridgehead atoms. The van der Waals surface area contributed by atoms with Gasteiger partial charge in [0.2, 0.25) is 0 Å². The number of halogens is 1. The van der Waals surface area contributed by atoms with Gasteiger partial charge in [0.05, 0.1) is 6.04 Å². The number of aromatic nitrogens is 2. The number of pyridine rings is 1. The third-order valence-electron chi connectivity index (χ3n) is 5.31. The van der Waals surface area contributed by atoms with Gasteiger partial charge in [-0.3, -0.25) is 0 Å². The second-order valence-corrected chi connectivity index (χ2v) is 11.7. The van der Waals surface area contributed by atoms with Crippen molar-refractivity contribution < 1.29 is 9.08 Å². The third kappa shape index (κ3) is 5.41. The Labute approximate surface area is 205 Å². The molecule has 4 aromatic rings. The van der Waals surface area contributed by atoms with Gasteiger partial charge in [-0.05, 0) is 56.7 Å². The molecule has 0 spiro atoms. The summed E-state index contributed by atoms with van der Waals surface area (Å²) in [6.45, 7) is 5.88. The van der Waals surface area contributed by atoms with Crippen molar-refractivity contribution in [1.29, 1.82) is 0 Å². The van der Waals surface area contributed by atoms with E-state index in [0.717, 1.165) is 38.2 Å². The number of nitrogens with zero attached hydrogens (tertiary/aromatic N) is 2. The first kappa shape index (κ1) is 23.8. The average molecular weight is 527 g/mol. The Morgan fingerprint density at radius 1 is 1.09 bits per heavy atom. The fourth-order valence-electron chi connectivity index (χ4n) is 3.58. The number of anilines is 1. The van der Waals surface area contributed by atoms with Crippen LogP contribution in [0.25, 0.3) is 22.2 Å². The largest absolute Gasteiger partial charge is 0.598 e. The van der Waals surface area contributed by atoms with Gasteiger partial charge < -0.3 is 14.4 Å². The Bertz CT molecular complexity index is 1250. The van der Waals surface area contributed by atoms with Crippen LogP contribution in [0.1, 0.15) is 38.1 Å². The van der Waals surface area contributed by atoms with Crippen molar-refractivity contribution in [1.82, 2.24) is 14.9 Å². The van der Waals surface area contributed by atoms with Crippen LogP contribution in [0.2, 0.25) is 0 Å². The molecule has 2 N–H and O–H groups in total. The standard InChI is InChI=1S/C25H27BrN4O2S/c1-25(2,3)33(31)30-21(15-17-8-7-11-23(27-4)28-17)18-9-5-6-10-19(18)24-20-13-12-16(26)14-22(20)32-29-24/h5-14,21,30H,15H2,1-4H3,(H,27,28). The van der Waals surface area contributed by atoms with E-state index in [9.17, 15) is 4.55 Å². The molecule has 6 nitrogen and oxygen atoms in total. The van der Waals surface area contributed by atoms with E-state index < -0.39 is 16.1 Å². The van der Waals surface area contributed by atoms with Gasteiger partial charge in [-0.25, -0.2) is 4.98 Å². The van der Waals surface area contributed by atoms with Crippen molar-refractivity contribution in [3.63, 3.8) is 0 Å². The molecule has 0 aliphatic rings. The summed E-state index contributed by atoms with van der Waals surface area (Å²) in [6, 6.07) is 19.6. The van der Waals surface area contributed by atoms with E-state index in [1.54, 1.807) is 0 Å². The zero-order valence-corrected chi connectivity index (χ0v) is 21.5. The lowest BCUT2D eigenvalue weighted by atomic mass is 9.94. The number of nitrogens with one attached hydrogen (secondary N) is 2. The van der Waals surface area contributed by atoms with E-state index in [1.807, 2.05) is 88.5 Å². The molecule has 0 saturated carbocycles. The lowest BCUT2D eigenvalue weighted by Crippen LogP contribution is -2.42. The van der Waals surface area contributed by atoms with E-state index in [1.165, 1.54) is 0 Å². The number of hydrogen-bond donors (Lipinski definition) is 2. The Morgan fingerprint density at radius 3 is 2.64 bits per heavy atom. The summed E-state index contributed by atoms with van der Waals surface area (Å²) in [5.41, 5.74) is 4.30. The molecule has 0 fully saturated rings. The first-order valence-electron chi connectivity index (χ1n) is 10.7. The fraction of sp³-hybridized carbons (Fsp3) is 0.280. The van der Waals surface area contributed by atoms with Gasteiger partial charge in [0.1, 0.15) is 16.3 Å². The molecule has 2 unspecified atom stereocenters. The lowest BCUT2D eigenvalue weighted by molar-refractivity contribution is 0.459. The number of rotatable bonds is 7. The smallest absolute Gasteiger partial charge is 0.168 e. The summed E-state index contributed by atoms with van der Waals surface area (Å²) in [4.78, 5) is 4.69. The Kier molecular flexibility index (Phi) is 7.09. The molecule has 172 valence electrons. The van der Waals surface area contributed by atoms with E-state index in [0.29, 0.717) is 12.0 Å². The first-order chi connectivity index (χ1) is 15.8.